The van der Waals surface area contributed by atoms with E-state index in [2.05, 4.69) is 25.9 Å². The highest BCUT2D eigenvalue weighted by molar-refractivity contribution is 9.10. The van der Waals surface area contributed by atoms with Crippen LogP contribution in [0.4, 0.5) is 15.0 Å². The third-order valence-corrected chi connectivity index (χ3v) is 5.02. The van der Waals surface area contributed by atoms with Gasteiger partial charge in [0.05, 0.1) is 15.9 Å². The Kier molecular flexibility index (Phi) is 4.48. The molecule has 1 N–H and O–H groups in total. The molecule has 1 aromatic heterocycles. The number of carbonyl (C=O) groups is 1. The minimum absolute atomic E-state index is 0.0122. The standard InChI is InChI=1S/C13H10BrCl2FN4O2/c14-6-5-7-8(10(17)9(6)15)11(19-12(16)18-7)20-1-3-21(4-2-20)13(22)23/h5H,1-4H2,(H,22,23). The first kappa shape index (κ1) is 16.5. The largest absolute Gasteiger partial charge is 0.465 e. The van der Waals surface area contributed by atoms with Gasteiger partial charge < -0.3 is 14.9 Å². The van der Waals surface area contributed by atoms with Gasteiger partial charge in [-0.25, -0.2) is 14.2 Å². The third-order valence-electron chi connectivity index (χ3n) is 3.63. The van der Waals surface area contributed by atoms with E-state index in [9.17, 15) is 9.18 Å². The average molecular weight is 424 g/mol. The van der Waals surface area contributed by atoms with E-state index in [1.165, 1.54) is 4.90 Å². The molecule has 1 aliphatic heterocycles. The summed E-state index contributed by atoms with van der Waals surface area (Å²) in [5.74, 6) is -0.319. The van der Waals surface area contributed by atoms with E-state index >= 15 is 0 Å². The second-order valence-electron chi connectivity index (χ2n) is 4.95. The van der Waals surface area contributed by atoms with Crippen LogP contribution in [0.15, 0.2) is 10.5 Å². The van der Waals surface area contributed by atoms with Crippen LogP contribution in [0.2, 0.25) is 10.3 Å². The normalized spacial score (nSPS) is 15.3. The summed E-state index contributed by atoms with van der Waals surface area (Å²) in [5.41, 5.74) is 0.328. The van der Waals surface area contributed by atoms with Crippen LogP contribution in [0.3, 0.4) is 0 Å². The number of hydrogen-bond donors (Lipinski definition) is 1. The Morgan fingerprint density at radius 3 is 2.52 bits per heavy atom. The van der Waals surface area contributed by atoms with Crippen molar-refractivity contribution in [2.24, 2.45) is 0 Å². The van der Waals surface area contributed by atoms with Crippen molar-refractivity contribution in [1.82, 2.24) is 14.9 Å². The number of carboxylic acid groups (broad SMARTS) is 1. The maximum absolute atomic E-state index is 14.6. The molecule has 23 heavy (non-hydrogen) atoms. The van der Waals surface area contributed by atoms with Crippen LogP contribution >= 0.6 is 39.1 Å². The first-order valence-corrected chi connectivity index (χ1v) is 8.17. The van der Waals surface area contributed by atoms with E-state index in [0.717, 1.165) is 0 Å². The summed E-state index contributed by atoms with van der Waals surface area (Å²) in [6.07, 6.45) is -0.978. The van der Waals surface area contributed by atoms with Gasteiger partial charge in [-0.2, -0.15) is 4.98 Å². The van der Waals surface area contributed by atoms with Crippen LogP contribution < -0.4 is 4.90 Å². The van der Waals surface area contributed by atoms with Gasteiger partial charge >= 0.3 is 6.09 Å². The predicted molar refractivity (Wildman–Crippen MR) is 89.0 cm³/mol. The fourth-order valence-corrected chi connectivity index (χ4v) is 3.20. The highest BCUT2D eigenvalue weighted by Gasteiger charge is 2.25. The van der Waals surface area contributed by atoms with E-state index in [4.69, 9.17) is 28.3 Å². The highest BCUT2D eigenvalue weighted by atomic mass is 79.9. The predicted octanol–water partition coefficient (Wildman–Crippen LogP) is 3.64. The molecule has 1 saturated heterocycles. The molecule has 0 bridgehead atoms. The lowest BCUT2D eigenvalue weighted by Gasteiger charge is -2.34. The van der Waals surface area contributed by atoms with E-state index in [1.54, 1.807) is 11.0 Å². The topological polar surface area (TPSA) is 69.6 Å². The molecule has 2 aromatic rings. The molecule has 2 heterocycles. The fraction of sp³-hybridized carbons (Fsp3) is 0.308. The van der Waals surface area contributed by atoms with E-state index in [0.29, 0.717) is 42.0 Å². The molecule has 0 saturated carbocycles. The van der Waals surface area contributed by atoms with Crippen molar-refractivity contribution in [3.05, 3.63) is 26.7 Å². The minimum Gasteiger partial charge on any atom is -0.465 e. The summed E-state index contributed by atoms with van der Waals surface area (Å²) in [7, 11) is 0. The van der Waals surface area contributed by atoms with Gasteiger partial charge in [0, 0.05) is 30.7 Å². The number of rotatable bonds is 1. The molecule has 10 heteroatoms. The Morgan fingerprint density at radius 1 is 1.26 bits per heavy atom. The number of halogens is 4. The van der Waals surface area contributed by atoms with Crippen molar-refractivity contribution < 1.29 is 14.3 Å². The average Bonchev–Trinajstić information content (AvgIpc) is 2.52. The summed E-state index contributed by atoms with van der Waals surface area (Å²) in [6, 6.07) is 1.57. The zero-order chi connectivity index (χ0) is 16.7. The Labute approximate surface area is 148 Å². The number of benzene rings is 1. The fourth-order valence-electron chi connectivity index (χ4n) is 2.49. The zero-order valence-corrected chi connectivity index (χ0v) is 14.7. The minimum atomic E-state index is -0.978. The summed E-state index contributed by atoms with van der Waals surface area (Å²) in [4.78, 5) is 22.2. The van der Waals surface area contributed by atoms with Gasteiger partial charge in [0.1, 0.15) is 5.82 Å². The second-order valence-corrected chi connectivity index (χ2v) is 6.52. The first-order chi connectivity index (χ1) is 10.9. The maximum Gasteiger partial charge on any atom is 0.407 e. The molecular formula is C13H10BrCl2FN4O2. The van der Waals surface area contributed by atoms with Gasteiger partial charge in [-0.15, -0.1) is 0 Å². The van der Waals surface area contributed by atoms with Crippen molar-refractivity contribution in [3.8, 4) is 0 Å². The summed E-state index contributed by atoms with van der Waals surface area (Å²) < 4.78 is 15.0. The third kappa shape index (κ3) is 3.02. The Morgan fingerprint density at radius 2 is 1.91 bits per heavy atom. The molecule has 0 aliphatic carbocycles. The molecule has 1 fully saturated rings. The van der Waals surface area contributed by atoms with Gasteiger partial charge in [0.15, 0.2) is 5.82 Å². The zero-order valence-electron chi connectivity index (χ0n) is 11.6. The molecule has 0 atom stereocenters. The second kappa shape index (κ2) is 6.26. The smallest absolute Gasteiger partial charge is 0.407 e. The number of amides is 1. The summed E-state index contributed by atoms with van der Waals surface area (Å²) in [5, 5.41) is 9.10. The molecule has 0 radical (unpaired) electrons. The van der Waals surface area contributed by atoms with Crippen LogP contribution in [0.25, 0.3) is 10.9 Å². The van der Waals surface area contributed by atoms with Crippen LogP contribution in [0.5, 0.6) is 0 Å². The quantitative estimate of drug-likeness (QED) is 0.560. The van der Waals surface area contributed by atoms with Gasteiger partial charge in [-0.3, -0.25) is 0 Å². The van der Waals surface area contributed by atoms with E-state index < -0.39 is 11.9 Å². The van der Waals surface area contributed by atoms with E-state index in [-0.39, 0.29) is 15.7 Å². The van der Waals surface area contributed by atoms with Crippen LogP contribution in [0.1, 0.15) is 0 Å². The lowest BCUT2D eigenvalue weighted by atomic mass is 10.2. The first-order valence-electron chi connectivity index (χ1n) is 6.62. The number of anilines is 1. The van der Waals surface area contributed by atoms with Crippen molar-refractivity contribution in [2.45, 2.75) is 0 Å². The molecule has 3 rings (SSSR count). The molecule has 1 amide bonds. The SMILES string of the molecule is O=C(O)N1CCN(c2nc(Cl)nc3cc(Br)c(Cl)c(F)c23)CC1. The van der Waals surface area contributed by atoms with Gasteiger partial charge in [-0.1, -0.05) is 11.6 Å². The van der Waals surface area contributed by atoms with Crippen molar-refractivity contribution in [1.29, 1.82) is 0 Å². The molecule has 1 aliphatic rings. The number of aromatic nitrogens is 2. The van der Waals surface area contributed by atoms with Crippen molar-refractivity contribution in [2.75, 3.05) is 31.1 Å². The number of piperazine rings is 1. The Bertz CT molecular complexity index is 799. The maximum atomic E-state index is 14.6. The van der Waals surface area contributed by atoms with Crippen molar-refractivity contribution >= 4 is 61.9 Å². The number of fused-ring (bicyclic) bond motifs is 1. The van der Waals surface area contributed by atoms with Gasteiger partial charge in [0.25, 0.3) is 0 Å². The molecule has 0 spiro atoms. The van der Waals surface area contributed by atoms with Crippen LogP contribution in [-0.4, -0.2) is 52.2 Å². The lowest BCUT2D eigenvalue weighted by Crippen LogP contribution is -2.48. The Balaban J connectivity index is 2.07. The van der Waals surface area contributed by atoms with Crippen LogP contribution in [0, 0.1) is 5.82 Å². The number of nitrogens with zero attached hydrogens (tertiary/aromatic N) is 4. The summed E-state index contributed by atoms with van der Waals surface area (Å²) >= 11 is 15.1. The van der Waals surface area contributed by atoms with E-state index in [1.807, 2.05) is 0 Å². The van der Waals surface area contributed by atoms with Crippen LogP contribution in [-0.2, 0) is 0 Å². The molecule has 0 unspecified atom stereocenters. The molecule has 1 aromatic carbocycles. The van der Waals surface area contributed by atoms with Crippen molar-refractivity contribution in [3.63, 3.8) is 0 Å². The lowest BCUT2D eigenvalue weighted by molar-refractivity contribution is 0.142. The summed E-state index contributed by atoms with van der Waals surface area (Å²) in [6.45, 7) is 1.35. The highest BCUT2D eigenvalue weighted by Crippen LogP contribution is 2.36. The number of hydrogen-bond acceptors (Lipinski definition) is 4. The van der Waals surface area contributed by atoms with Gasteiger partial charge in [0.2, 0.25) is 5.28 Å². The molecule has 6 nitrogen and oxygen atoms in total. The molecule has 122 valence electrons. The van der Waals surface area contributed by atoms with Gasteiger partial charge in [-0.05, 0) is 33.6 Å². The monoisotopic (exact) mass is 422 g/mol. The Hall–Kier alpha value is -1.38. The molecular weight excluding hydrogens is 414 g/mol.